The molecule has 2 rings (SSSR count). The Morgan fingerprint density at radius 1 is 1.09 bits per heavy atom. The number of nitrogens with one attached hydrogen (secondary N) is 2. The van der Waals surface area contributed by atoms with Gasteiger partial charge in [0.25, 0.3) is 5.91 Å². The molecule has 0 spiro atoms. The van der Waals surface area contributed by atoms with Gasteiger partial charge in [0.05, 0.1) is 5.75 Å². The van der Waals surface area contributed by atoms with Crippen molar-refractivity contribution in [3.63, 3.8) is 0 Å². The molecule has 0 aliphatic heterocycles. The van der Waals surface area contributed by atoms with Crippen LogP contribution >= 0.6 is 23.4 Å². The lowest BCUT2D eigenvalue weighted by molar-refractivity contribution is -0.117. The number of benzene rings is 2. The van der Waals surface area contributed by atoms with Crippen LogP contribution in [0, 0.1) is 0 Å². The van der Waals surface area contributed by atoms with Crippen molar-refractivity contribution in [2.24, 2.45) is 0 Å². The molecule has 0 fully saturated rings. The number of Topliss-reactive ketones (excluding diaryl/α,β-unsaturated/α-hetero) is 1. The van der Waals surface area contributed by atoms with Gasteiger partial charge in [0.1, 0.15) is 11.8 Å². The molecule has 168 valence electrons. The zero-order valence-corrected chi connectivity index (χ0v) is 19.5. The van der Waals surface area contributed by atoms with E-state index in [4.69, 9.17) is 11.6 Å². The van der Waals surface area contributed by atoms with E-state index in [-0.39, 0.29) is 23.1 Å². The van der Waals surface area contributed by atoms with Crippen LogP contribution in [-0.2, 0) is 14.4 Å². The molecule has 0 saturated carbocycles. The molecule has 0 heterocycles. The van der Waals surface area contributed by atoms with Crippen LogP contribution in [0.25, 0.3) is 5.57 Å². The first-order valence-electron chi connectivity index (χ1n) is 10.1. The van der Waals surface area contributed by atoms with Gasteiger partial charge in [0.15, 0.2) is 0 Å². The maximum absolute atomic E-state index is 13.0. The van der Waals surface area contributed by atoms with Crippen molar-refractivity contribution < 1.29 is 19.2 Å². The fourth-order valence-corrected chi connectivity index (χ4v) is 3.92. The average Bonchev–Trinajstić information content (AvgIpc) is 2.81. The molecule has 0 aromatic heterocycles. The number of halogens is 1. The fraction of sp³-hybridized carbons (Fsp3) is 0.250. The van der Waals surface area contributed by atoms with Gasteiger partial charge in [-0.15, -0.1) is 0 Å². The van der Waals surface area contributed by atoms with Gasteiger partial charge in [0.2, 0.25) is 11.5 Å². The van der Waals surface area contributed by atoms with E-state index < -0.39 is 11.9 Å². The SMILES string of the molecule is C/C=C(/CC(NC(=O)c1ccc(Cl)cc1)C(=O)SCC(=O)CC)c1ccccc1NC=O. The van der Waals surface area contributed by atoms with Gasteiger partial charge >= 0.3 is 0 Å². The minimum Gasteiger partial charge on any atom is -0.341 e. The van der Waals surface area contributed by atoms with Gasteiger partial charge in [0, 0.05) is 34.7 Å². The zero-order valence-electron chi connectivity index (χ0n) is 17.9. The summed E-state index contributed by atoms with van der Waals surface area (Å²) in [5.74, 6) is -0.410. The second-order valence-electron chi connectivity index (χ2n) is 6.86. The number of anilines is 1. The molecule has 0 aliphatic carbocycles. The molecule has 2 N–H and O–H groups in total. The first-order chi connectivity index (χ1) is 15.4. The van der Waals surface area contributed by atoms with Crippen molar-refractivity contribution in [2.75, 3.05) is 11.1 Å². The average molecular weight is 473 g/mol. The maximum atomic E-state index is 13.0. The Balaban J connectivity index is 2.29. The number of hydrogen-bond donors (Lipinski definition) is 2. The smallest absolute Gasteiger partial charge is 0.251 e. The lowest BCUT2D eigenvalue weighted by atomic mass is 9.97. The minimum atomic E-state index is -0.872. The topological polar surface area (TPSA) is 92.3 Å². The van der Waals surface area contributed by atoms with Crippen LogP contribution < -0.4 is 10.6 Å². The summed E-state index contributed by atoms with van der Waals surface area (Å²) in [6, 6.07) is 12.7. The molecule has 0 aliphatic rings. The fourth-order valence-electron chi connectivity index (χ4n) is 2.95. The summed E-state index contributed by atoms with van der Waals surface area (Å²) < 4.78 is 0. The summed E-state index contributed by atoms with van der Waals surface area (Å²) in [6.45, 7) is 3.56. The van der Waals surface area contributed by atoms with Crippen molar-refractivity contribution in [3.05, 3.63) is 70.8 Å². The summed E-state index contributed by atoms with van der Waals surface area (Å²) in [4.78, 5) is 48.4. The molecule has 2 aromatic carbocycles. The number of rotatable bonds is 11. The number of allylic oxidation sites excluding steroid dienone is 1. The molecule has 2 aromatic rings. The van der Waals surface area contributed by atoms with E-state index in [0.29, 0.717) is 29.1 Å². The van der Waals surface area contributed by atoms with Crippen molar-refractivity contribution in [2.45, 2.75) is 32.7 Å². The molecular formula is C24H25ClN2O4S. The molecule has 32 heavy (non-hydrogen) atoms. The van der Waals surface area contributed by atoms with Gasteiger partial charge < -0.3 is 10.6 Å². The van der Waals surface area contributed by atoms with Crippen LogP contribution in [0.2, 0.25) is 5.02 Å². The number of carbonyl (C=O) groups is 4. The second kappa shape index (κ2) is 12.8. The third-order valence-electron chi connectivity index (χ3n) is 4.73. The minimum absolute atomic E-state index is 0.0436. The summed E-state index contributed by atoms with van der Waals surface area (Å²) >= 11 is 6.79. The number of hydrogen-bond acceptors (Lipinski definition) is 5. The van der Waals surface area contributed by atoms with Crippen molar-refractivity contribution in [1.82, 2.24) is 5.32 Å². The molecule has 0 saturated heterocycles. The zero-order chi connectivity index (χ0) is 23.5. The lowest BCUT2D eigenvalue weighted by Gasteiger charge is -2.20. The largest absolute Gasteiger partial charge is 0.341 e. The Labute approximate surface area is 196 Å². The summed E-state index contributed by atoms with van der Waals surface area (Å²) in [7, 11) is 0. The van der Waals surface area contributed by atoms with Crippen LogP contribution in [-0.4, -0.2) is 35.0 Å². The molecule has 1 atom stereocenters. The molecule has 2 amide bonds. The summed E-state index contributed by atoms with van der Waals surface area (Å²) in [5.41, 5.74) is 2.48. The Bertz CT molecular complexity index is 1010. The van der Waals surface area contributed by atoms with Crippen molar-refractivity contribution in [3.8, 4) is 0 Å². The van der Waals surface area contributed by atoms with E-state index in [9.17, 15) is 19.2 Å². The van der Waals surface area contributed by atoms with Crippen LogP contribution in [0.3, 0.4) is 0 Å². The highest BCUT2D eigenvalue weighted by Crippen LogP contribution is 2.28. The highest BCUT2D eigenvalue weighted by molar-refractivity contribution is 8.14. The van der Waals surface area contributed by atoms with Gasteiger partial charge in [-0.25, -0.2) is 0 Å². The van der Waals surface area contributed by atoms with Crippen molar-refractivity contribution >= 4 is 57.8 Å². The molecule has 1 unspecified atom stereocenters. The third-order valence-corrected chi connectivity index (χ3v) is 6.01. The van der Waals surface area contributed by atoms with Gasteiger partial charge in [-0.3, -0.25) is 19.2 Å². The number of carbonyl (C=O) groups excluding carboxylic acids is 4. The number of amides is 2. The first-order valence-corrected chi connectivity index (χ1v) is 11.5. The van der Waals surface area contributed by atoms with Gasteiger partial charge in [-0.05, 0) is 42.8 Å². The van der Waals surface area contributed by atoms with E-state index in [1.54, 1.807) is 43.3 Å². The Morgan fingerprint density at radius 2 is 1.78 bits per heavy atom. The molecule has 6 nitrogen and oxygen atoms in total. The van der Waals surface area contributed by atoms with Crippen LogP contribution in [0.4, 0.5) is 5.69 Å². The van der Waals surface area contributed by atoms with Crippen LogP contribution in [0.1, 0.15) is 42.6 Å². The number of para-hydroxylation sites is 1. The predicted molar refractivity (Wildman–Crippen MR) is 130 cm³/mol. The van der Waals surface area contributed by atoms with E-state index in [1.807, 2.05) is 25.1 Å². The third kappa shape index (κ3) is 7.35. The molecule has 0 radical (unpaired) electrons. The Morgan fingerprint density at radius 3 is 2.41 bits per heavy atom. The summed E-state index contributed by atoms with van der Waals surface area (Å²) in [6.07, 6.45) is 2.96. The number of thioether (sulfide) groups is 1. The Kier molecular flexibility index (Phi) is 10.2. The van der Waals surface area contributed by atoms with Gasteiger partial charge in [-0.2, -0.15) is 0 Å². The van der Waals surface area contributed by atoms with Crippen LogP contribution in [0.15, 0.2) is 54.6 Å². The van der Waals surface area contributed by atoms with Crippen molar-refractivity contribution in [1.29, 1.82) is 0 Å². The highest BCUT2D eigenvalue weighted by Gasteiger charge is 2.25. The van der Waals surface area contributed by atoms with E-state index in [1.165, 1.54) is 0 Å². The molecule has 8 heteroatoms. The Hall–Kier alpha value is -2.90. The quantitative estimate of drug-likeness (QED) is 0.461. The van der Waals surface area contributed by atoms with E-state index >= 15 is 0 Å². The molecule has 0 bridgehead atoms. The van der Waals surface area contributed by atoms with Crippen LogP contribution in [0.5, 0.6) is 0 Å². The number of ketones is 1. The van der Waals surface area contributed by atoms with E-state index in [2.05, 4.69) is 10.6 Å². The lowest BCUT2D eigenvalue weighted by Crippen LogP contribution is -2.40. The standard InChI is InChI=1S/C24H25ClN2O4S/c1-3-16(20-7-5-6-8-21(20)26-15-28)13-22(24(31)32-14-19(29)4-2)27-23(30)17-9-11-18(25)12-10-17/h3,5-12,15,22H,4,13-14H2,1-2H3,(H,26,28)(H,27,30)/b16-3-. The predicted octanol–water partition coefficient (Wildman–Crippen LogP) is 4.74. The van der Waals surface area contributed by atoms with E-state index in [0.717, 1.165) is 22.9 Å². The first kappa shape index (κ1) is 25.4. The summed E-state index contributed by atoms with van der Waals surface area (Å²) in [5, 5.41) is 5.63. The molecular weight excluding hydrogens is 448 g/mol. The monoisotopic (exact) mass is 472 g/mol. The maximum Gasteiger partial charge on any atom is 0.251 e. The van der Waals surface area contributed by atoms with Gasteiger partial charge in [-0.1, -0.05) is 54.6 Å². The second-order valence-corrected chi connectivity index (χ2v) is 8.27. The highest BCUT2D eigenvalue weighted by atomic mass is 35.5. The normalized spacial score (nSPS) is 12.0.